The van der Waals surface area contributed by atoms with Crippen LogP contribution in [0.1, 0.15) is 36.8 Å². The van der Waals surface area contributed by atoms with Gasteiger partial charge in [0.2, 0.25) is 5.91 Å². The maximum atomic E-state index is 12.0. The molecular formula is C16H21NO2. The van der Waals surface area contributed by atoms with Crippen molar-refractivity contribution in [1.82, 2.24) is 5.32 Å². The molecule has 0 spiro atoms. The van der Waals surface area contributed by atoms with E-state index in [1.807, 2.05) is 0 Å². The molecule has 2 heterocycles. The first-order chi connectivity index (χ1) is 9.16. The number of carbonyl (C=O) groups is 1. The largest absolute Gasteiger partial charge is 0.381 e. The summed E-state index contributed by atoms with van der Waals surface area (Å²) in [5.41, 5.74) is 2.63. The van der Waals surface area contributed by atoms with Crippen LogP contribution >= 0.6 is 0 Å². The lowest BCUT2D eigenvalue weighted by molar-refractivity contribution is -0.131. The normalized spacial score (nSPS) is 27.4. The van der Waals surface area contributed by atoms with Crippen LogP contribution in [0, 0.1) is 11.8 Å². The Balaban J connectivity index is 1.81. The highest BCUT2D eigenvalue weighted by molar-refractivity contribution is 5.82. The SMILES string of the molecule is CC(C)c1ccc(C2CNC(=O)C2C2COC2)cc1. The average molecular weight is 259 g/mol. The topological polar surface area (TPSA) is 38.3 Å². The highest BCUT2D eigenvalue weighted by Gasteiger charge is 2.43. The minimum absolute atomic E-state index is 0.0960. The molecule has 0 bridgehead atoms. The maximum absolute atomic E-state index is 12.0. The molecule has 0 radical (unpaired) electrons. The second-order valence-corrected chi connectivity index (χ2v) is 6.00. The first-order valence-electron chi connectivity index (χ1n) is 7.12. The summed E-state index contributed by atoms with van der Waals surface area (Å²) in [5, 5.41) is 3.01. The third-order valence-corrected chi connectivity index (χ3v) is 4.44. The molecule has 1 N–H and O–H groups in total. The van der Waals surface area contributed by atoms with Gasteiger partial charge in [-0.05, 0) is 17.0 Å². The van der Waals surface area contributed by atoms with E-state index >= 15 is 0 Å². The van der Waals surface area contributed by atoms with Crippen LogP contribution in [0.2, 0.25) is 0 Å². The summed E-state index contributed by atoms with van der Waals surface area (Å²) >= 11 is 0. The Bertz CT molecular complexity index is 462. The van der Waals surface area contributed by atoms with Gasteiger partial charge >= 0.3 is 0 Å². The van der Waals surface area contributed by atoms with Crippen LogP contribution in [0.5, 0.6) is 0 Å². The zero-order valence-corrected chi connectivity index (χ0v) is 11.6. The second kappa shape index (κ2) is 4.97. The number of carbonyl (C=O) groups excluding carboxylic acids is 1. The smallest absolute Gasteiger partial charge is 0.224 e. The zero-order valence-electron chi connectivity index (χ0n) is 11.6. The fourth-order valence-electron chi connectivity index (χ4n) is 3.10. The molecule has 19 heavy (non-hydrogen) atoms. The molecule has 2 unspecified atom stereocenters. The molecule has 2 saturated heterocycles. The Hall–Kier alpha value is -1.35. The molecule has 2 aliphatic rings. The summed E-state index contributed by atoms with van der Waals surface area (Å²) in [4.78, 5) is 12.0. The molecule has 2 fully saturated rings. The lowest BCUT2D eigenvalue weighted by Crippen LogP contribution is -2.39. The summed E-state index contributed by atoms with van der Waals surface area (Å²) in [5.74, 6) is 1.55. The maximum Gasteiger partial charge on any atom is 0.224 e. The van der Waals surface area contributed by atoms with Crippen LogP contribution in [0.15, 0.2) is 24.3 Å². The quantitative estimate of drug-likeness (QED) is 0.904. The number of amides is 1. The standard InChI is InChI=1S/C16H21NO2/c1-10(2)11-3-5-12(6-4-11)14-7-17-16(18)15(14)13-8-19-9-13/h3-6,10,13-15H,7-9H2,1-2H3,(H,17,18). The van der Waals surface area contributed by atoms with Crippen molar-refractivity contribution in [2.24, 2.45) is 11.8 Å². The van der Waals surface area contributed by atoms with Crippen LogP contribution in [0.25, 0.3) is 0 Å². The Morgan fingerprint density at radius 2 is 1.89 bits per heavy atom. The second-order valence-electron chi connectivity index (χ2n) is 6.00. The molecule has 1 aromatic carbocycles. The Morgan fingerprint density at radius 3 is 2.42 bits per heavy atom. The van der Waals surface area contributed by atoms with Gasteiger partial charge < -0.3 is 10.1 Å². The first kappa shape index (κ1) is 12.7. The van der Waals surface area contributed by atoms with Gasteiger partial charge in [0, 0.05) is 18.4 Å². The van der Waals surface area contributed by atoms with Crippen LogP contribution in [0.3, 0.4) is 0 Å². The number of benzene rings is 1. The van der Waals surface area contributed by atoms with E-state index in [4.69, 9.17) is 4.74 Å². The minimum Gasteiger partial charge on any atom is -0.381 e. The fourth-order valence-corrected chi connectivity index (χ4v) is 3.10. The van der Waals surface area contributed by atoms with Crippen LogP contribution in [-0.2, 0) is 9.53 Å². The number of rotatable bonds is 3. The molecule has 0 aromatic heterocycles. The van der Waals surface area contributed by atoms with Crippen molar-refractivity contribution in [3.8, 4) is 0 Å². The van der Waals surface area contributed by atoms with E-state index in [0.717, 1.165) is 19.8 Å². The molecule has 2 atom stereocenters. The summed E-state index contributed by atoms with van der Waals surface area (Å²) in [6.07, 6.45) is 0. The number of hydrogen-bond donors (Lipinski definition) is 1. The van der Waals surface area contributed by atoms with Crippen molar-refractivity contribution in [2.75, 3.05) is 19.8 Å². The van der Waals surface area contributed by atoms with E-state index in [0.29, 0.717) is 17.8 Å². The van der Waals surface area contributed by atoms with Gasteiger partial charge in [0.25, 0.3) is 0 Å². The van der Waals surface area contributed by atoms with E-state index in [2.05, 4.69) is 43.4 Å². The molecule has 2 aliphatic heterocycles. The third-order valence-electron chi connectivity index (χ3n) is 4.44. The van der Waals surface area contributed by atoms with Gasteiger partial charge in [-0.25, -0.2) is 0 Å². The Morgan fingerprint density at radius 1 is 1.21 bits per heavy atom. The molecule has 1 aromatic rings. The third kappa shape index (κ3) is 2.27. The molecule has 3 rings (SSSR count). The van der Waals surface area contributed by atoms with Gasteiger partial charge in [0.15, 0.2) is 0 Å². The minimum atomic E-state index is 0.0960. The molecule has 0 saturated carbocycles. The summed E-state index contributed by atoms with van der Waals surface area (Å²) in [6, 6.07) is 8.76. The van der Waals surface area contributed by atoms with Crippen molar-refractivity contribution < 1.29 is 9.53 Å². The van der Waals surface area contributed by atoms with Crippen molar-refractivity contribution in [3.05, 3.63) is 35.4 Å². The predicted molar refractivity (Wildman–Crippen MR) is 74.1 cm³/mol. The van der Waals surface area contributed by atoms with Gasteiger partial charge in [-0.3, -0.25) is 4.79 Å². The number of hydrogen-bond acceptors (Lipinski definition) is 2. The van der Waals surface area contributed by atoms with Crippen molar-refractivity contribution >= 4 is 5.91 Å². The van der Waals surface area contributed by atoms with Crippen molar-refractivity contribution in [3.63, 3.8) is 0 Å². The van der Waals surface area contributed by atoms with E-state index in [1.165, 1.54) is 11.1 Å². The van der Waals surface area contributed by atoms with Crippen LogP contribution in [0.4, 0.5) is 0 Å². The van der Waals surface area contributed by atoms with Gasteiger partial charge in [-0.15, -0.1) is 0 Å². The number of ether oxygens (including phenoxy) is 1. The van der Waals surface area contributed by atoms with E-state index in [1.54, 1.807) is 0 Å². The highest BCUT2D eigenvalue weighted by Crippen LogP contribution is 2.37. The van der Waals surface area contributed by atoms with Gasteiger partial charge in [0.1, 0.15) is 0 Å². The van der Waals surface area contributed by atoms with Gasteiger partial charge in [-0.2, -0.15) is 0 Å². The average Bonchev–Trinajstić information content (AvgIpc) is 2.70. The Kier molecular flexibility index (Phi) is 3.31. The first-order valence-corrected chi connectivity index (χ1v) is 7.12. The zero-order chi connectivity index (χ0) is 13.4. The molecule has 3 heteroatoms. The number of nitrogens with one attached hydrogen (secondary N) is 1. The molecular weight excluding hydrogens is 238 g/mol. The molecule has 0 aliphatic carbocycles. The van der Waals surface area contributed by atoms with Crippen molar-refractivity contribution in [2.45, 2.75) is 25.7 Å². The lowest BCUT2D eigenvalue weighted by Gasteiger charge is -2.33. The summed E-state index contributed by atoms with van der Waals surface area (Å²) in [7, 11) is 0. The molecule has 1 amide bonds. The predicted octanol–water partition coefficient (Wildman–Crippen LogP) is 2.29. The van der Waals surface area contributed by atoms with Gasteiger partial charge in [-0.1, -0.05) is 38.1 Å². The van der Waals surface area contributed by atoms with Crippen LogP contribution in [-0.4, -0.2) is 25.7 Å². The fraction of sp³-hybridized carbons (Fsp3) is 0.562. The van der Waals surface area contributed by atoms with E-state index < -0.39 is 0 Å². The van der Waals surface area contributed by atoms with E-state index in [9.17, 15) is 4.79 Å². The lowest BCUT2D eigenvalue weighted by atomic mass is 9.78. The van der Waals surface area contributed by atoms with Gasteiger partial charge in [0.05, 0.1) is 19.1 Å². The summed E-state index contributed by atoms with van der Waals surface area (Å²) < 4.78 is 5.25. The van der Waals surface area contributed by atoms with E-state index in [-0.39, 0.29) is 11.8 Å². The van der Waals surface area contributed by atoms with Crippen LogP contribution < -0.4 is 5.32 Å². The molecule has 3 nitrogen and oxygen atoms in total. The highest BCUT2D eigenvalue weighted by atomic mass is 16.5. The Labute approximate surface area is 114 Å². The summed E-state index contributed by atoms with van der Waals surface area (Å²) in [6.45, 7) is 6.63. The molecule has 102 valence electrons. The van der Waals surface area contributed by atoms with Crippen molar-refractivity contribution in [1.29, 1.82) is 0 Å². The monoisotopic (exact) mass is 259 g/mol.